The van der Waals surface area contributed by atoms with Crippen molar-refractivity contribution in [1.82, 2.24) is 19.9 Å². The van der Waals surface area contributed by atoms with Crippen LogP contribution in [0, 0.1) is 0 Å². The summed E-state index contributed by atoms with van der Waals surface area (Å²) in [6.45, 7) is 3.88. The smallest absolute Gasteiger partial charge is 0.433 e. The Labute approximate surface area is 165 Å². The fraction of sp³-hybridized carbons (Fsp3) is 0.263. The Morgan fingerprint density at radius 3 is 2.45 bits per heavy atom. The van der Waals surface area contributed by atoms with Gasteiger partial charge in [-0.1, -0.05) is 0 Å². The topological polar surface area (TPSA) is 84.9 Å². The van der Waals surface area contributed by atoms with Crippen molar-refractivity contribution in [2.24, 2.45) is 0 Å². The van der Waals surface area contributed by atoms with Crippen LogP contribution in [-0.2, 0) is 6.18 Å². The summed E-state index contributed by atoms with van der Waals surface area (Å²) < 4.78 is 44.1. The molecule has 0 fully saturated rings. The quantitative estimate of drug-likeness (QED) is 0.625. The molecule has 0 radical (unpaired) electrons. The highest BCUT2D eigenvalue weighted by Gasteiger charge is 2.32. The number of nitrogens with one attached hydrogen (secondary N) is 2. The van der Waals surface area contributed by atoms with Crippen molar-refractivity contribution in [2.45, 2.75) is 26.1 Å². The summed E-state index contributed by atoms with van der Waals surface area (Å²) in [4.78, 5) is 16.4. The third kappa shape index (κ3) is 5.09. The molecule has 0 spiro atoms. The van der Waals surface area contributed by atoms with Crippen LogP contribution in [-0.4, -0.2) is 33.1 Å². The lowest BCUT2D eigenvalue weighted by atomic mass is 10.2. The van der Waals surface area contributed by atoms with E-state index >= 15 is 0 Å². The lowest BCUT2D eigenvalue weighted by Crippen LogP contribution is -2.12. The first-order valence-corrected chi connectivity index (χ1v) is 8.71. The van der Waals surface area contributed by atoms with E-state index in [2.05, 4.69) is 30.6 Å². The third-order valence-electron chi connectivity index (χ3n) is 3.69. The summed E-state index contributed by atoms with van der Waals surface area (Å²) in [6.07, 6.45) is -1.88. The SMILES string of the molecule is COc1ncccc1-c1nc(Nc2ccnc(C(F)(F)F)c2)cc(NC(C)C)n1. The zero-order chi connectivity index (χ0) is 21.0. The molecule has 0 saturated heterocycles. The minimum absolute atomic E-state index is 0.0825. The van der Waals surface area contributed by atoms with Gasteiger partial charge in [-0.3, -0.25) is 4.98 Å². The van der Waals surface area contributed by atoms with Gasteiger partial charge in [0.15, 0.2) is 5.82 Å². The van der Waals surface area contributed by atoms with Gasteiger partial charge in [-0.05, 0) is 38.1 Å². The van der Waals surface area contributed by atoms with E-state index < -0.39 is 11.9 Å². The van der Waals surface area contributed by atoms with E-state index in [1.54, 1.807) is 24.4 Å². The van der Waals surface area contributed by atoms with E-state index in [4.69, 9.17) is 4.74 Å². The molecular weight excluding hydrogens is 385 g/mol. The standard InChI is InChI=1S/C19H19F3N6O/c1-11(2)25-15-10-16(26-12-6-8-23-14(9-12)19(20,21)22)28-17(27-15)13-5-4-7-24-18(13)29-3/h4-11H,1-3H3,(H2,23,25,26,27,28). The van der Waals surface area contributed by atoms with Gasteiger partial charge in [0.05, 0.1) is 12.7 Å². The average Bonchev–Trinajstić information content (AvgIpc) is 2.67. The fourth-order valence-corrected chi connectivity index (χ4v) is 2.54. The summed E-state index contributed by atoms with van der Waals surface area (Å²) in [5.41, 5.74) is -0.243. The first-order chi connectivity index (χ1) is 13.8. The molecule has 0 aliphatic carbocycles. The molecule has 3 rings (SSSR count). The first-order valence-electron chi connectivity index (χ1n) is 8.71. The van der Waals surface area contributed by atoms with Crippen LogP contribution in [0.15, 0.2) is 42.7 Å². The second-order valence-corrected chi connectivity index (χ2v) is 6.37. The maximum Gasteiger partial charge on any atom is 0.433 e. The van der Waals surface area contributed by atoms with Crippen LogP contribution in [0.1, 0.15) is 19.5 Å². The summed E-state index contributed by atoms with van der Waals surface area (Å²) in [5, 5.41) is 6.05. The van der Waals surface area contributed by atoms with Crippen molar-refractivity contribution >= 4 is 17.3 Å². The number of halogens is 3. The maximum atomic E-state index is 12.9. The third-order valence-corrected chi connectivity index (χ3v) is 3.69. The van der Waals surface area contributed by atoms with Crippen molar-refractivity contribution in [2.75, 3.05) is 17.7 Å². The Hall–Kier alpha value is -3.43. The summed E-state index contributed by atoms with van der Waals surface area (Å²) in [5.74, 6) is 1.46. The molecule has 0 amide bonds. The lowest BCUT2D eigenvalue weighted by molar-refractivity contribution is -0.141. The second-order valence-electron chi connectivity index (χ2n) is 6.37. The molecule has 10 heteroatoms. The molecule has 3 aromatic rings. The van der Waals surface area contributed by atoms with Crippen LogP contribution in [0.5, 0.6) is 5.88 Å². The molecule has 3 heterocycles. The zero-order valence-electron chi connectivity index (χ0n) is 15.9. The van der Waals surface area contributed by atoms with Gasteiger partial charge in [0.1, 0.15) is 17.3 Å². The molecule has 0 aromatic carbocycles. The number of anilines is 3. The van der Waals surface area contributed by atoms with Gasteiger partial charge in [-0.15, -0.1) is 0 Å². The average molecular weight is 404 g/mol. The highest BCUT2D eigenvalue weighted by Crippen LogP contribution is 2.31. The molecule has 0 aliphatic rings. The van der Waals surface area contributed by atoms with Crippen LogP contribution in [0.25, 0.3) is 11.4 Å². The summed E-state index contributed by atoms with van der Waals surface area (Å²) in [6, 6.07) is 7.51. The van der Waals surface area contributed by atoms with Crippen molar-refractivity contribution in [1.29, 1.82) is 0 Å². The predicted molar refractivity (Wildman–Crippen MR) is 103 cm³/mol. The van der Waals surface area contributed by atoms with Crippen LogP contribution in [0.2, 0.25) is 0 Å². The number of ether oxygens (including phenoxy) is 1. The number of rotatable bonds is 6. The van der Waals surface area contributed by atoms with Crippen LogP contribution >= 0.6 is 0 Å². The highest BCUT2D eigenvalue weighted by atomic mass is 19.4. The molecule has 0 unspecified atom stereocenters. The van der Waals surface area contributed by atoms with E-state index in [1.165, 1.54) is 13.2 Å². The van der Waals surface area contributed by atoms with Crippen LogP contribution in [0.4, 0.5) is 30.5 Å². The number of nitrogens with zero attached hydrogens (tertiary/aromatic N) is 4. The number of aromatic nitrogens is 4. The Morgan fingerprint density at radius 2 is 1.76 bits per heavy atom. The molecule has 0 saturated carbocycles. The molecular formula is C19H19F3N6O. The van der Waals surface area contributed by atoms with Crippen molar-refractivity contribution in [3.63, 3.8) is 0 Å². The minimum atomic E-state index is -4.54. The molecule has 2 N–H and O–H groups in total. The molecule has 0 bridgehead atoms. The molecule has 3 aromatic heterocycles. The van der Waals surface area contributed by atoms with E-state index in [0.29, 0.717) is 28.9 Å². The van der Waals surface area contributed by atoms with Crippen molar-refractivity contribution in [3.05, 3.63) is 48.4 Å². The number of hydrogen-bond donors (Lipinski definition) is 2. The van der Waals surface area contributed by atoms with Gasteiger partial charge in [0.2, 0.25) is 5.88 Å². The Kier molecular flexibility index (Phi) is 5.81. The number of methoxy groups -OCH3 is 1. The summed E-state index contributed by atoms with van der Waals surface area (Å²) in [7, 11) is 1.48. The fourth-order valence-electron chi connectivity index (χ4n) is 2.54. The van der Waals surface area contributed by atoms with E-state index in [-0.39, 0.29) is 11.7 Å². The van der Waals surface area contributed by atoms with Crippen molar-refractivity contribution < 1.29 is 17.9 Å². The normalized spacial score (nSPS) is 11.4. The number of hydrogen-bond acceptors (Lipinski definition) is 7. The van der Waals surface area contributed by atoms with Gasteiger partial charge in [-0.25, -0.2) is 15.0 Å². The molecule has 0 atom stereocenters. The Morgan fingerprint density at radius 1 is 1.00 bits per heavy atom. The molecule has 0 aliphatic heterocycles. The van der Waals surface area contributed by atoms with E-state index in [1.807, 2.05) is 13.8 Å². The van der Waals surface area contributed by atoms with Gasteiger partial charge in [0, 0.05) is 30.2 Å². The molecule has 152 valence electrons. The number of pyridine rings is 2. The largest absolute Gasteiger partial charge is 0.480 e. The lowest BCUT2D eigenvalue weighted by Gasteiger charge is -2.14. The monoisotopic (exact) mass is 404 g/mol. The van der Waals surface area contributed by atoms with Crippen LogP contribution in [0.3, 0.4) is 0 Å². The van der Waals surface area contributed by atoms with Crippen molar-refractivity contribution in [3.8, 4) is 17.3 Å². The minimum Gasteiger partial charge on any atom is -0.480 e. The van der Waals surface area contributed by atoms with Gasteiger partial charge in [-0.2, -0.15) is 13.2 Å². The first kappa shape index (κ1) is 20.3. The Balaban J connectivity index is 2.02. The van der Waals surface area contributed by atoms with Gasteiger partial charge >= 0.3 is 6.18 Å². The summed E-state index contributed by atoms with van der Waals surface area (Å²) >= 11 is 0. The molecule has 7 nitrogen and oxygen atoms in total. The van der Waals surface area contributed by atoms with Crippen LogP contribution < -0.4 is 15.4 Å². The highest BCUT2D eigenvalue weighted by molar-refractivity contribution is 5.68. The second kappa shape index (κ2) is 8.29. The molecule has 29 heavy (non-hydrogen) atoms. The predicted octanol–water partition coefficient (Wildman–Crippen LogP) is 4.52. The maximum absolute atomic E-state index is 12.9. The van der Waals surface area contributed by atoms with Gasteiger partial charge in [0.25, 0.3) is 0 Å². The Bertz CT molecular complexity index is 994. The van der Waals surface area contributed by atoms with E-state index in [0.717, 1.165) is 12.3 Å². The van der Waals surface area contributed by atoms with Gasteiger partial charge < -0.3 is 15.4 Å². The number of alkyl halides is 3. The zero-order valence-corrected chi connectivity index (χ0v) is 15.9. The van der Waals surface area contributed by atoms with E-state index in [9.17, 15) is 13.2 Å².